The van der Waals surface area contributed by atoms with Crippen LogP contribution in [-0.2, 0) is 9.59 Å². The highest BCUT2D eigenvalue weighted by molar-refractivity contribution is 6.30. The summed E-state index contributed by atoms with van der Waals surface area (Å²) in [6.45, 7) is 2.19. The molecule has 24 heavy (non-hydrogen) atoms. The van der Waals surface area contributed by atoms with Crippen LogP contribution in [-0.4, -0.2) is 70.4 Å². The van der Waals surface area contributed by atoms with Crippen molar-refractivity contribution in [3.05, 3.63) is 34.9 Å². The van der Waals surface area contributed by atoms with E-state index in [1.165, 1.54) is 11.8 Å². The minimum atomic E-state index is -0.962. The number of aliphatic hydroxyl groups excluding tert-OH is 1. The summed E-state index contributed by atoms with van der Waals surface area (Å²) in [7, 11) is 0. The zero-order valence-corrected chi connectivity index (χ0v) is 13.9. The van der Waals surface area contributed by atoms with Crippen LogP contribution in [0.5, 0.6) is 0 Å². The number of rotatable bonds is 2. The zero-order chi connectivity index (χ0) is 17.4. The first kappa shape index (κ1) is 16.7. The van der Waals surface area contributed by atoms with Gasteiger partial charge < -0.3 is 20.2 Å². The highest BCUT2D eigenvalue weighted by atomic mass is 35.5. The van der Waals surface area contributed by atoms with Crippen LogP contribution in [0, 0.1) is 0 Å². The van der Waals surface area contributed by atoms with Gasteiger partial charge in [0.15, 0.2) is 0 Å². The van der Waals surface area contributed by atoms with E-state index in [0.29, 0.717) is 17.1 Å². The Morgan fingerprint density at radius 1 is 1.29 bits per heavy atom. The van der Waals surface area contributed by atoms with E-state index in [4.69, 9.17) is 11.6 Å². The van der Waals surface area contributed by atoms with Crippen LogP contribution in [0.3, 0.4) is 0 Å². The van der Waals surface area contributed by atoms with Gasteiger partial charge in [-0.15, -0.1) is 0 Å². The van der Waals surface area contributed by atoms with Crippen molar-refractivity contribution in [3.8, 4) is 0 Å². The number of halogens is 1. The molecule has 2 aliphatic heterocycles. The normalized spacial score (nSPS) is 25.1. The second kappa shape index (κ2) is 6.41. The van der Waals surface area contributed by atoms with Gasteiger partial charge in [0.2, 0.25) is 11.8 Å². The SMILES string of the molecule is C[C@H](O)[C@H]1NC(=O)[C@H]2CN(C(=O)c3ccc(Cl)cc3)CCN2C1=O. The van der Waals surface area contributed by atoms with E-state index in [2.05, 4.69) is 5.32 Å². The Balaban J connectivity index is 1.75. The van der Waals surface area contributed by atoms with Crippen LogP contribution in [0.25, 0.3) is 0 Å². The fourth-order valence-electron chi connectivity index (χ4n) is 3.05. The third kappa shape index (κ3) is 2.97. The lowest BCUT2D eigenvalue weighted by molar-refractivity contribution is -0.155. The van der Waals surface area contributed by atoms with Gasteiger partial charge in [0.05, 0.1) is 12.6 Å². The lowest BCUT2D eigenvalue weighted by Crippen LogP contribution is -2.71. The number of benzene rings is 1. The lowest BCUT2D eigenvalue weighted by atomic mass is 10.0. The molecule has 3 rings (SSSR count). The number of carbonyl (C=O) groups is 3. The van der Waals surface area contributed by atoms with E-state index in [9.17, 15) is 19.5 Å². The Labute approximate surface area is 144 Å². The van der Waals surface area contributed by atoms with E-state index < -0.39 is 18.2 Å². The molecule has 0 spiro atoms. The molecule has 128 valence electrons. The van der Waals surface area contributed by atoms with E-state index in [1.807, 2.05) is 0 Å². The molecule has 2 fully saturated rings. The fourth-order valence-corrected chi connectivity index (χ4v) is 3.17. The van der Waals surface area contributed by atoms with Crippen molar-refractivity contribution in [2.75, 3.05) is 19.6 Å². The van der Waals surface area contributed by atoms with E-state index in [0.717, 1.165) is 0 Å². The highest BCUT2D eigenvalue weighted by Gasteiger charge is 2.45. The standard InChI is InChI=1S/C16H18ClN3O4/c1-9(21)13-16(24)20-7-6-19(8-12(20)14(22)18-13)15(23)10-2-4-11(17)5-3-10/h2-5,9,12-13,21H,6-8H2,1H3,(H,18,22)/t9-,12+,13+/m0/s1. The number of nitrogens with one attached hydrogen (secondary N) is 1. The van der Waals surface area contributed by atoms with Gasteiger partial charge in [-0.2, -0.15) is 0 Å². The highest BCUT2D eigenvalue weighted by Crippen LogP contribution is 2.20. The minimum absolute atomic E-state index is 0.131. The average Bonchev–Trinajstić information content (AvgIpc) is 2.57. The Morgan fingerprint density at radius 2 is 1.96 bits per heavy atom. The Bertz CT molecular complexity index is 676. The maximum absolute atomic E-state index is 12.6. The largest absolute Gasteiger partial charge is 0.391 e. The van der Waals surface area contributed by atoms with Gasteiger partial charge in [-0.3, -0.25) is 14.4 Å². The third-order valence-corrected chi connectivity index (χ3v) is 4.64. The van der Waals surface area contributed by atoms with Gasteiger partial charge >= 0.3 is 0 Å². The summed E-state index contributed by atoms with van der Waals surface area (Å²) in [6.07, 6.45) is -0.962. The van der Waals surface area contributed by atoms with Crippen molar-refractivity contribution in [2.24, 2.45) is 0 Å². The Hall–Kier alpha value is -2.12. The summed E-state index contributed by atoms with van der Waals surface area (Å²) >= 11 is 5.83. The molecule has 2 heterocycles. The third-order valence-electron chi connectivity index (χ3n) is 4.39. The van der Waals surface area contributed by atoms with Crippen molar-refractivity contribution < 1.29 is 19.5 Å². The molecule has 2 aliphatic rings. The second-order valence-electron chi connectivity index (χ2n) is 6.03. The molecule has 1 aromatic rings. The van der Waals surface area contributed by atoms with Crippen LogP contribution in [0.4, 0.5) is 0 Å². The number of hydrogen-bond acceptors (Lipinski definition) is 4. The maximum atomic E-state index is 12.6. The van der Waals surface area contributed by atoms with E-state index >= 15 is 0 Å². The number of nitrogens with zero attached hydrogens (tertiary/aromatic N) is 2. The summed E-state index contributed by atoms with van der Waals surface area (Å²) in [5, 5.41) is 12.7. The number of hydrogen-bond donors (Lipinski definition) is 2. The summed E-state index contributed by atoms with van der Waals surface area (Å²) in [6, 6.07) is 4.88. The van der Waals surface area contributed by atoms with Gasteiger partial charge in [-0.1, -0.05) is 11.6 Å². The summed E-state index contributed by atoms with van der Waals surface area (Å²) in [4.78, 5) is 40.2. The van der Waals surface area contributed by atoms with E-state index in [1.54, 1.807) is 29.2 Å². The van der Waals surface area contributed by atoms with Gasteiger partial charge in [0.1, 0.15) is 12.1 Å². The molecule has 0 radical (unpaired) electrons. The van der Waals surface area contributed by atoms with Gasteiger partial charge in [0.25, 0.3) is 5.91 Å². The van der Waals surface area contributed by atoms with Crippen LogP contribution in [0.15, 0.2) is 24.3 Å². The molecule has 1 aromatic carbocycles. The molecule has 0 saturated carbocycles. The molecule has 3 amide bonds. The zero-order valence-electron chi connectivity index (χ0n) is 13.1. The van der Waals surface area contributed by atoms with Crippen LogP contribution in [0.1, 0.15) is 17.3 Å². The number of fused-ring (bicyclic) bond motifs is 1. The van der Waals surface area contributed by atoms with Crippen molar-refractivity contribution in [1.29, 1.82) is 0 Å². The van der Waals surface area contributed by atoms with Gasteiger partial charge in [-0.05, 0) is 31.2 Å². The van der Waals surface area contributed by atoms with Gasteiger partial charge in [-0.25, -0.2) is 0 Å². The first-order valence-electron chi connectivity index (χ1n) is 7.72. The topological polar surface area (TPSA) is 89.9 Å². The predicted molar refractivity (Wildman–Crippen MR) is 86.5 cm³/mol. The van der Waals surface area contributed by atoms with Crippen molar-refractivity contribution in [2.45, 2.75) is 25.1 Å². The second-order valence-corrected chi connectivity index (χ2v) is 6.47. The van der Waals surface area contributed by atoms with Crippen LogP contribution in [0.2, 0.25) is 5.02 Å². The molecule has 0 aromatic heterocycles. The molecule has 0 bridgehead atoms. The monoisotopic (exact) mass is 351 g/mol. The van der Waals surface area contributed by atoms with Crippen molar-refractivity contribution >= 4 is 29.3 Å². The molecule has 0 aliphatic carbocycles. The quantitative estimate of drug-likeness (QED) is 0.777. The summed E-state index contributed by atoms with van der Waals surface area (Å²) in [5.74, 6) is -0.869. The maximum Gasteiger partial charge on any atom is 0.254 e. The van der Waals surface area contributed by atoms with Crippen LogP contribution >= 0.6 is 11.6 Å². The molecule has 2 N–H and O–H groups in total. The Kier molecular flexibility index (Phi) is 4.47. The average molecular weight is 352 g/mol. The lowest BCUT2D eigenvalue weighted by Gasteiger charge is -2.45. The molecule has 0 unspecified atom stereocenters. The van der Waals surface area contributed by atoms with Gasteiger partial charge in [0, 0.05) is 23.7 Å². The number of piperazine rings is 2. The van der Waals surface area contributed by atoms with Crippen molar-refractivity contribution in [1.82, 2.24) is 15.1 Å². The molecule has 8 heteroatoms. The Morgan fingerprint density at radius 3 is 2.58 bits per heavy atom. The molecular weight excluding hydrogens is 334 g/mol. The summed E-state index contributed by atoms with van der Waals surface area (Å²) in [5.41, 5.74) is 0.484. The molecule has 3 atom stereocenters. The fraction of sp³-hybridized carbons (Fsp3) is 0.438. The minimum Gasteiger partial charge on any atom is -0.391 e. The van der Waals surface area contributed by atoms with E-state index in [-0.39, 0.29) is 30.8 Å². The molecule has 2 saturated heterocycles. The first-order chi connectivity index (χ1) is 11.4. The number of carbonyl (C=O) groups excluding carboxylic acids is 3. The van der Waals surface area contributed by atoms with Crippen LogP contribution < -0.4 is 5.32 Å². The van der Waals surface area contributed by atoms with Crippen molar-refractivity contribution in [3.63, 3.8) is 0 Å². The number of amides is 3. The number of aliphatic hydroxyl groups is 1. The smallest absolute Gasteiger partial charge is 0.254 e. The molecular formula is C16H18ClN3O4. The summed E-state index contributed by atoms with van der Waals surface area (Å²) < 4.78 is 0. The molecule has 7 nitrogen and oxygen atoms in total. The first-order valence-corrected chi connectivity index (χ1v) is 8.10. The predicted octanol–water partition coefficient (Wildman–Crippen LogP) is -0.128.